The molecule has 0 aromatic heterocycles. The molecule has 1 aliphatic heterocycles. The van der Waals surface area contributed by atoms with Crippen molar-refractivity contribution in [3.8, 4) is 0 Å². The number of hydrogen-bond donors (Lipinski definition) is 1. The van der Waals surface area contributed by atoms with E-state index < -0.39 is 0 Å². The third-order valence-corrected chi connectivity index (χ3v) is 5.33. The molecule has 1 heterocycles. The second-order valence-corrected chi connectivity index (χ2v) is 7.37. The molecule has 4 nitrogen and oxygen atoms in total. The van der Waals surface area contributed by atoms with Crippen molar-refractivity contribution < 1.29 is 9.53 Å². The zero-order chi connectivity index (χ0) is 19.2. The number of carbonyl (C=O) groups excluding carboxylic acids is 1. The van der Waals surface area contributed by atoms with Crippen LogP contribution in [0.15, 0.2) is 72.8 Å². The molecule has 1 atom stereocenters. The van der Waals surface area contributed by atoms with E-state index in [9.17, 15) is 4.79 Å². The Balaban J connectivity index is 1.22. The lowest BCUT2D eigenvalue weighted by molar-refractivity contribution is 0.143. The number of nitrogens with zero attached hydrogens (tertiary/aromatic N) is 1. The van der Waals surface area contributed by atoms with Crippen molar-refractivity contribution in [3.05, 3.63) is 83.9 Å². The van der Waals surface area contributed by atoms with Crippen LogP contribution in [0, 0.1) is 0 Å². The zero-order valence-corrected chi connectivity index (χ0v) is 16.0. The van der Waals surface area contributed by atoms with Gasteiger partial charge in [0.1, 0.15) is 0 Å². The maximum Gasteiger partial charge on any atom is 0.407 e. The first-order chi connectivity index (χ1) is 13.8. The molecule has 1 N–H and O–H groups in total. The van der Waals surface area contributed by atoms with E-state index in [1.54, 1.807) is 0 Å². The number of ether oxygens (including phenoxy) is 1. The predicted molar refractivity (Wildman–Crippen MR) is 112 cm³/mol. The van der Waals surface area contributed by atoms with Gasteiger partial charge in [0.25, 0.3) is 0 Å². The average molecular weight is 374 g/mol. The highest BCUT2D eigenvalue weighted by atomic mass is 16.5. The Kier molecular flexibility index (Phi) is 5.88. The summed E-state index contributed by atoms with van der Waals surface area (Å²) in [5, 5.41) is 5.46. The summed E-state index contributed by atoms with van der Waals surface area (Å²) < 4.78 is 5.44. The molecule has 1 unspecified atom stereocenters. The van der Waals surface area contributed by atoms with Crippen LogP contribution < -0.4 is 5.32 Å². The van der Waals surface area contributed by atoms with Crippen molar-refractivity contribution in [2.75, 3.05) is 19.7 Å². The fraction of sp³-hybridized carbons (Fsp3) is 0.292. The van der Waals surface area contributed by atoms with E-state index in [4.69, 9.17) is 4.74 Å². The highest BCUT2D eigenvalue weighted by Gasteiger charge is 2.24. The third-order valence-electron chi connectivity index (χ3n) is 5.33. The summed E-state index contributed by atoms with van der Waals surface area (Å²) in [6.07, 6.45) is 1.37. The molecule has 4 rings (SSSR count). The number of carbonyl (C=O) groups is 1. The molecule has 4 heteroatoms. The molecular weight excluding hydrogens is 348 g/mol. The highest BCUT2D eigenvalue weighted by Crippen LogP contribution is 2.19. The van der Waals surface area contributed by atoms with Gasteiger partial charge >= 0.3 is 6.09 Å². The Morgan fingerprint density at radius 3 is 2.68 bits per heavy atom. The van der Waals surface area contributed by atoms with Gasteiger partial charge in [-0.2, -0.15) is 0 Å². The lowest BCUT2D eigenvalue weighted by Gasteiger charge is -2.17. The third kappa shape index (κ3) is 4.70. The number of nitrogens with one attached hydrogen (secondary N) is 1. The van der Waals surface area contributed by atoms with E-state index in [0.29, 0.717) is 6.61 Å². The zero-order valence-electron chi connectivity index (χ0n) is 16.0. The Bertz CT molecular complexity index is 921. The highest BCUT2D eigenvalue weighted by molar-refractivity contribution is 5.85. The summed E-state index contributed by atoms with van der Waals surface area (Å²) in [6, 6.07) is 25.2. The Hall–Kier alpha value is -2.85. The largest absolute Gasteiger partial charge is 0.449 e. The molecule has 0 radical (unpaired) electrons. The number of hydrogen-bond acceptors (Lipinski definition) is 3. The summed E-state index contributed by atoms with van der Waals surface area (Å²) >= 11 is 0. The molecule has 0 aliphatic carbocycles. The smallest absolute Gasteiger partial charge is 0.407 e. The van der Waals surface area contributed by atoms with Crippen LogP contribution in [-0.4, -0.2) is 36.7 Å². The molecule has 1 fully saturated rings. The molecule has 1 saturated heterocycles. The summed E-state index contributed by atoms with van der Waals surface area (Å²) in [5.41, 5.74) is 2.52. The second kappa shape index (κ2) is 8.89. The molecule has 0 spiro atoms. The summed E-state index contributed by atoms with van der Waals surface area (Å²) in [5.74, 6) is 0. The van der Waals surface area contributed by atoms with Crippen molar-refractivity contribution in [2.24, 2.45) is 0 Å². The molecule has 28 heavy (non-hydrogen) atoms. The molecule has 0 bridgehead atoms. The van der Waals surface area contributed by atoms with Crippen molar-refractivity contribution in [2.45, 2.75) is 25.4 Å². The monoisotopic (exact) mass is 374 g/mol. The summed E-state index contributed by atoms with van der Waals surface area (Å²) in [7, 11) is 0. The van der Waals surface area contributed by atoms with Gasteiger partial charge in [0.05, 0.1) is 6.61 Å². The van der Waals surface area contributed by atoms with Gasteiger partial charge in [-0.15, -0.1) is 0 Å². The normalized spacial score (nSPS) is 16.9. The van der Waals surface area contributed by atoms with Crippen LogP contribution in [0.4, 0.5) is 4.79 Å². The quantitative estimate of drug-likeness (QED) is 0.696. The minimum Gasteiger partial charge on any atom is -0.449 e. The van der Waals surface area contributed by atoms with Crippen LogP contribution in [0.1, 0.15) is 17.5 Å². The summed E-state index contributed by atoms with van der Waals surface area (Å²) in [6.45, 7) is 3.18. The summed E-state index contributed by atoms with van der Waals surface area (Å²) in [4.78, 5) is 14.5. The molecule has 144 valence electrons. The number of alkyl carbamates (subject to hydrolysis) is 1. The fourth-order valence-electron chi connectivity index (χ4n) is 3.91. The van der Waals surface area contributed by atoms with E-state index in [0.717, 1.165) is 32.5 Å². The van der Waals surface area contributed by atoms with Gasteiger partial charge in [0.15, 0.2) is 0 Å². The van der Waals surface area contributed by atoms with Crippen molar-refractivity contribution in [1.82, 2.24) is 10.2 Å². The molecule has 1 amide bonds. The topological polar surface area (TPSA) is 41.6 Å². The molecule has 1 aliphatic rings. The maximum absolute atomic E-state index is 12.2. The minimum absolute atomic E-state index is 0.161. The lowest BCUT2D eigenvalue weighted by Crippen LogP contribution is -2.37. The number of benzene rings is 3. The van der Waals surface area contributed by atoms with E-state index >= 15 is 0 Å². The van der Waals surface area contributed by atoms with Gasteiger partial charge in [-0.1, -0.05) is 72.8 Å². The molecule has 3 aromatic carbocycles. The van der Waals surface area contributed by atoms with Gasteiger partial charge in [0, 0.05) is 32.1 Å². The van der Waals surface area contributed by atoms with E-state index in [-0.39, 0.29) is 12.1 Å². The van der Waals surface area contributed by atoms with E-state index in [2.05, 4.69) is 64.8 Å². The first kappa shape index (κ1) is 18.5. The Morgan fingerprint density at radius 2 is 1.79 bits per heavy atom. The maximum atomic E-state index is 12.2. The van der Waals surface area contributed by atoms with Gasteiger partial charge in [-0.05, 0) is 28.3 Å². The lowest BCUT2D eigenvalue weighted by atomic mass is 10.0. The van der Waals surface area contributed by atoms with Crippen LogP contribution in [0.3, 0.4) is 0 Å². The molecule has 3 aromatic rings. The average Bonchev–Trinajstić information content (AvgIpc) is 3.15. The first-order valence-corrected chi connectivity index (χ1v) is 9.94. The number of likely N-dealkylation sites (tertiary alicyclic amines) is 1. The van der Waals surface area contributed by atoms with Gasteiger partial charge < -0.3 is 10.1 Å². The van der Waals surface area contributed by atoms with Crippen LogP contribution >= 0.6 is 0 Å². The first-order valence-electron chi connectivity index (χ1n) is 9.94. The van der Waals surface area contributed by atoms with Crippen molar-refractivity contribution in [1.29, 1.82) is 0 Å². The van der Waals surface area contributed by atoms with Crippen LogP contribution in [0.25, 0.3) is 10.8 Å². The fourth-order valence-corrected chi connectivity index (χ4v) is 3.91. The number of fused-ring (bicyclic) bond motifs is 1. The van der Waals surface area contributed by atoms with Crippen molar-refractivity contribution >= 4 is 16.9 Å². The van der Waals surface area contributed by atoms with Crippen LogP contribution in [0.2, 0.25) is 0 Å². The SMILES string of the molecule is O=C(NC1CCN(Cc2ccccc2)C1)OCCc1cccc2ccccc12. The van der Waals surface area contributed by atoms with Crippen LogP contribution in [0.5, 0.6) is 0 Å². The van der Waals surface area contributed by atoms with Crippen molar-refractivity contribution in [3.63, 3.8) is 0 Å². The van der Waals surface area contributed by atoms with Gasteiger partial charge in [0.2, 0.25) is 0 Å². The predicted octanol–water partition coefficient (Wildman–Crippen LogP) is 4.38. The van der Waals surface area contributed by atoms with Crippen LogP contribution in [-0.2, 0) is 17.7 Å². The Labute approximate surface area is 166 Å². The molecule has 0 saturated carbocycles. The minimum atomic E-state index is -0.313. The van der Waals surface area contributed by atoms with Gasteiger partial charge in [-0.25, -0.2) is 4.79 Å². The molecular formula is C24H26N2O2. The van der Waals surface area contributed by atoms with E-state index in [1.165, 1.54) is 21.9 Å². The second-order valence-electron chi connectivity index (χ2n) is 7.37. The number of rotatable bonds is 6. The standard InChI is InChI=1S/C24H26N2O2/c27-24(25-22-13-15-26(18-22)17-19-7-2-1-3-8-19)28-16-14-21-11-6-10-20-9-4-5-12-23(20)21/h1-12,22H,13-18H2,(H,25,27). The van der Waals surface area contributed by atoms with Gasteiger partial charge in [-0.3, -0.25) is 4.90 Å². The van der Waals surface area contributed by atoms with E-state index in [1.807, 2.05) is 18.2 Å². The Morgan fingerprint density at radius 1 is 1.00 bits per heavy atom. The number of amides is 1.